The van der Waals surface area contributed by atoms with E-state index < -0.39 is 0 Å². The maximum Gasteiger partial charge on any atom is 0.0433 e. The van der Waals surface area contributed by atoms with Crippen molar-refractivity contribution in [1.29, 1.82) is 0 Å². The van der Waals surface area contributed by atoms with E-state index in [4.69, 9.17) is 0 Å². The molecule has 0 amide bonds. The average molecular weight is 713 g/mol. The molecule has 12 aromatic rings. The van der Waals surface area contributed by atoms with E-state index in [9.17, 15) is 0 Å². The zero-order valence-corrected chi connectivity index (χ0v) is 30.7. The summed E-state index contributed by atoms with van der Waals surface area (Å²) in [5.74, 6) is 0. The second-order valence-electron chi connectivity index (χ2n) is 14.8. The monoisotopic (exact) mass is 712 g/mol. The molecular formula is C54H32S. The van der Waals surface area contributed by atoms with Gasteiger partial charge >= 0.3 is 0 Å². The van der Waals surface area contributed by atoms with Crippen molar-refractivity contribution in [3.8, 4) is 33.4 Å². The van der Waals surface area contributed by atoms with Gasteiger partial charge in [-0.15, -0.1) is 11.3 Å². The first-order valence-electron chi connectivity index (χ1n) is 19.0. The molecule has 254 valence electrons. The summed E-state index contributed by atoms with van der Waals surface area (Å²) in [5.41, 5.74) is 7.38. The van der Waals surface area contributed by atoms with Crippen molar-refractivity contribution in [2.24, 2.45) is 0 Å². The van der Waals surface area contributed by atoms with E-state index in [2.05, 4.69) is 194 Å². The minimum Gasteiger partial charge on any atom is -0.135 e. The van der Waals surface area contributed by atoms with Crippen LogP contribution in [0.25, 0.3) is 118 Å². The lowest BCUT2D eigenvalue weighted by molar-refractivity contribution is 1.61. The van der Waals surface area contributed by atoms with E-state index in [1.165, 1.54) is 118 Å². The number of hydrogen-bond acceptors (Lipinski definition) is 1. The van der Waals surface area contributed by atoms with E-state index >= 15 is 0 Å². The predicted molar refractivity (Wildman–Crippen MR) is 241 cm³/mol. The van der Waals surface area contributed by atoms with Crippen molar-refractivity contribution >= 4 is 96.1 Å². The predicted octanol–water partition coefficient (Wildman–Crippen LogP) is 16.0. The van der Waals surface area contributed by atoms with Crippen LogP contribution in [0.5, 0.6) is 0 Å². The summed E-state index contributed by atoms with van der Waals surface area (Å²) in [7, 11) is 0. The maximum atomic E-state index is 2.42. The normalized spacial score (nSPS) is 12.0. The van der Waals surface area contributed by atoms with Gasteiger partial charge in [0.15, 0.2) is 0 Å². The molecule has 1 heteroatoms. The van der Waals surface area contributed by atoms with E-state index in [1.54, 1.807) is 0 Å². The molecule has 0 aliphatic carbocycles. The van der Waals surface area contributed by atoms with Gasteiger partial charge in [0.25, 0.3) is 0 Å². The summed E-state index contributed by atoms with van der Waals surface area (Å²) in [6.07, 6.45) is 0. The second-order valence-corrected chi connectivity index (χ2v) is 15.8. The Balaban J connectivity index is 1.14. The van der Waals surface area contributed by atoms with E-state index in [0.717, 1.165) is 0 Å². The summed E-state index contributed by atoms with van der Waals surface area (Å²) < 4.78 is 2.65. The highest BCUT2D eigenvalue weighted by atomic mass is 32.1. The Labute approximate surface area is 322 Å². The number of rotatable bonds is 3. The van der Waals surface area contributed by atoms with Crippen LogP contribution in [-0.2, 0) is 0 Å². The van der Waals surface area contributed by atoms with Crippen LogP contribution in [0.4, 0.5) is 0 Å². The van der Waals surface area contributed by atoms with Crippen LogP contribution in [0.2, 0.25) is 0 Å². The van der Waals surface area contributed by atoms with Crippen molar-refractivity contribution in [2.45, 2.75) is 0 Å². The van der Waals surface area contributed by atoms with Crippen molar-refractivity contribution < 1.29 is 0 Å². The lowest BCUT2D eigenvalue weighted by Crippen LogP contribution is -1.89. The highest BCUT2D eigenvalue weighted by molar-refractivity contribution is 7.26. The molecule has 0 aliphatic heterocycles. The highest BCUT2D eigenvalue weighted by Crippen LogP contribution is 2.44. The summed E-state index contributed by atoms with van der Waals surface area (Å²) in [5, 5.41) is 18.2. The lowest BCUT2D eigenvalue weighted by atomic mass is 9.88. The summed E-state index contributed by atoms with van der Waals surface area (Å²) in [6, 6.07) is 72.4. The molecule has 11 aromatic carbocycles. The van der Waals surface area contributed by atoms with E-state index in [-0.39, 0.29) is 0 Å². The van der Waals surface area contributed by atoms with Crippen molar-refractivity contribution in [1.82, 2.24) is 0 Å². The molecule has 0 bridgehead atoms. The van der Waals surface area contributed by atoms with Gasteiger partial charge in [0.2, 0.25) is 0 Å². The third-order valence-electron chi connectivity index (χ3n) is 11.8. The van der Waals surface area contributed by atoms with Gasteiger partial charge in [0, 0.05) is 20.2 Å². The number of thiophene rings is 1. The Morgan fingerprint density at radius 2 is 0.582 bits per heavy atom. The molecule has 55 heavy (non-hydrogen) atoms. The Morgan fingerprint density at radius 1 is 0.218 bits per heavy atom. The van der Waals surface area contributed by atoms with E-state index in [0.29, 0.717) is 0 Å². The topological polar surface area (TPSA) is 0 Å². The summed E-state index contributed by atoms with van der Waals surface area (Å²) in [4.78, 5) is 0. The standard InChI is InChI=1S/C54H32S/c1-3-16-43-39(12-1)41-14-5-7-18-45(41)51-31-33(24-26-47(43)51)35-28-36(30-37(29-35)38-21-11-22-50-49-20-9-10-23-53(49)55-54(38)50)34-25-27-48-44-17-4-2-13-40(44)42-15-6-8-19-46(42)52(48)32-34/h1-32H. The molecule has 0 aliphatic rings. The fraction of sp³-hybridized carbons (Fsp3) is 0. The molecule has 1 aromatic heterocycles. The van der Waals surface area contributed by atoms with Crippen LogP contribution >= 0.6 is 11.3 Å². The van der Waals surface area contributed by atoms with Crippen LogP contribution in [0.15, 0.2) is 194 Å². The molecule has 12 rings (SSSR count). The fourth-order valence-corrected chi connectivity index (χ4v) is 10.5. The molecule has 0 fully saturated rings. The van der Waals surface area contributed by atoms with Gasteiger partial charge in [0.05, 0.1) is 0 Å². The zero-order valence-electron chi connectivity index (χ0n) is 29.9. The fourth-order valence-electron chi connectivity index (χ4n) is 9.27. The minimum absolute atomic E-state index is 1.22. The van der Waals surface area contributed by atoms with Crippen LogP contribution in [0.1, 0.15) is 0 Å². The first-order chi connectivity index (χ1) is 27.3. The van der Waals surface area contributed by atoms with Gasteiger partial charge in [-0.1, -0.05) is 158 Å². The molecule has 0 nitrogen and oxygen atoms in total. The number of hydrogen-bond donors (Lipinski definition) is 0. The maximum absolute atomic E-state index is 2.42. The van der Waals surface area contributed by atoms with Crippen LogP contribution in [0, 0.1) is 0 Å². The molecule has 0 spiro atoms. The third kappa shape index (κ3) is 4.64. The molecule has 0 radical (unpaired) electrons. The average Bonchev–Trinajstić information content (AvgIpc) is 3.65. The van der Waals surface area contributed by atoms with Gasteiger partial charge in [-0.3, -0.25) is 0 Å². The van der Waals surface area contributed by atoms with Crippen molar-refractivity contribution in [3.05, 3.63) is 194 Å². The van der Waals surface area contributed by atoms with Crippen LogP contribution in [-0.4, -0.2) is 0 Å². The first-order valence-corrected chi connectivity index (χ1v) is 19.8. The molecular weight excluding hydrogens is 681 g/mol. The van der Waals surface area contributed by atoms with Crippen LogP contribution < -0.4 is 0 Å². The molecule has 0 saturated carbocycles. The summed E-state index contributed by atoms with van der Waals surface area (Å²) in [6.45, 7) is 0. The first kappa shape index (κ1) is 30.6. The molecule has 1 heterocycles. The Kier molecular flexibility index (Phi) is 6.60. The smallest absolute Gasteiger partial charge is 0.0433 e. The second kappa shape index (κ2) is 11.9. The van der Waals surface area contributed by atoms with Crippen molar-refractivity contribution in [3.63, 3.8) is 0 Å². The largest absolute Gasteiger partial charge is 0.135 e. The van der Waals surface area contributed by atoms with Gasteiger partial charge < -0.3 is 0 Å². The van der Waals surface area contributed by atoms with Gasteiger partial charge in [-0.05, 0) is 134 Å². The Bertz CT molecular complexity index is 3300. The highest BCUT2D eigenvalue weighted by Gasteiger charge is 2.16. The minimum atomic E-state index is 1.22. The van der Waals surface area contributed by atoms with Gasteiger partial charge in [0.1, 0.15) is 0 Å². The van der Waals surface area contributed by atoms with Gasteiger partial charge in [-0.2, -0.15) is 0 Å². The Morgan fingerprint density at radius 3 is 1.05 bits per heavy atom. The molecule has 0 N–H and O–H groups in total. The van der Waals surface area contributed by atoms with Crippen LogP contribution in [0.3, 0.4) is 0 Å². The third-order valence-corrected chi connectivity index (χ3v) is 13.0. The SMILES string of the molecule is c1ccc2c(c1)sc1c(-c3cc(-c4ccc5c6ccccc6c6ccccc6c5c4)cc(-c4ccc5c6ccccc6c6ccccc6c5c4)c3)cccc12. The van der Waals surface area contributed by atoms with Gasteiger partial charge in [-0.25, -0.2) is 0 Å². The molecule has 0 unspecified atom stereocenters. The molecule has 0 saturated heterocycles. The summed E-state index contributed by atoms with van der Waals surface area (Å²) >= 11 is 1.90. The number of benzene rings is 11. The zero-order chi connectivity index (χ0) is 36.0. The lowest BCUT2D eigenvalue weighted by Gasteiger charge is -2.15. The quantitative estimate of drug-likeness (QED) is 0.160. The van der Waals surface area contributed by atoms with Crippen molar-refractivity contribution in [2.75, 3.05) is 0 Å². The molecule has 0 atom stereocenters. The number of fused-ring (bicyclic) bond motifs is 15. The van der Waals surface area contributed by atoms with E-state index in [1.807, 2.05) is 11.3 Å². The Hall–Kier alpha value is -6.80.